The highest BCUT2D eigenvalue weighted by molar-refractivity contribution is 5.74. The van der Waals surface area contributed by atoms with Gasteiger partial charge in [-0.1, -0.05) is 63.5 Å². The van der Waals surface area contributed by atoms with Crippen LogP contribution in [-0.2, 0) is 14.4 Å². The van der Waals surface area contributed by atoms with Crippen LogP contribution in [-0.4, -0.2) is 51.4 Å². The molecule has 0 unspecified atom stereocenters. The van der Waals surface area contributed by atoms with Crippen molar-refractivity contribution >= 4 is 17.9 Å². The topological polar surface area (TPSA) is 200 Å². The largest absolute Gasteiger partial charge is 0.480 e. The van der Waals surface area contributed by atoms with Crippen molar-refractivity contribution in [3.05, 3.63) is 14.7 Å². The fraction of sp³-hybridized carbons (Fsp3) is 0.824. The number of nitroso groups, excluding NO2 is 3. The second-order valence-corrected chi connectivity index (χ2v) is 7.00. The highest BCUT2D eigenvalue weighted by atomic mass is 16.4. The van der Waals surface area contributed by atoms with E-state index in [2.05, 4.69) is 15.5 Å². The number of carboxylic acids is 3. The van der Waals surface area contributed by atoms with Crippen LogP contribution in [0.25, 0.3) is 0 Å². The maximum Gasteiger partial charge on any atom is 0.332 e. The van der Waals surface area contributed by atoms with Gasteiger partial charge in [-0.25, -0.2) is 14.4 Å². The fourth-order valence-corrected chi connectivity index (χ4v) is 1.70. The summed E-state index contributed by atoms with van der Waals surface area (Å²) in [6.45, 7) is 10.5. The molecule has 0 bridgehead atoms. The van der Waals surface area contributed by atoms with Crippen LogP contribution < -0.4 is 0 Å². The molecule has 12 nitrogen and oxygen atoms in total. The molecule has 0 aromatic carbocycles. The molecule has 0 heterocycles. The lowest BCUT2D eigenvalue weighted by atomic mass is 10.0. The van der Waals surface area contributed by atoms with E-state index in [4.69, 9.17) is 15.3 Å². The molecule has 0 spiro atoms. The first kappa shape index (κ1) is 30.9. The predicted octanol–water partition coefficient (Wildman–Crippen LogP) is 3.37. The van der Waals surface area contributed by atoms with E-state index >= 15 is 0 Å². The van der Waals surface area contributed by atoms with Gasteiger partial charge in [0.15, 0.2) is 18.1 Å². The number of carboxylic acid groups (broad SMARTS) is 3. The van der Waals surface area contributed by atoms with E-state index in [-0.39, 0.29) is 17.8 Å². The maximum absolute atomic E-state index is 10.2. The van der Waals surface area contributed by atoms with E-state index in [9.17, 15) is 29.1 Å². The summed E-state index contributed by atoms with van der Waals surface area (Å²) in [5, 5.41) is 32.4. The van der Waals surface area contributed by atoms with Crippen LogP contribution in [0, 0.1) is 32.5 Å². The molecule has 29 heavy (non-hydrogen) atoms. The Balaban J connectivity index is -0.000000350. The van der Waals surface area contributed by atoms with E-state index in [1.807, 2.05) is 20.8 Å². The second kappa shape index (κ2) is 17.3. The van der Waals surface area contributed by atoms with Gasteiger partial charge in [-0.15, -0.1) is 14.7 Å². The van der Waals surface area contributed by atoms with E-state index in [1.165, 1.54) is 0 Å². The summed E-state index contributed by atoms with van der Waals surface area (Å²) in [5.41, 5.74) is 0. The smallest absolute Gasteiger partial charge is 0.332 e. The predicted molar refractivity (Wildman–Crippen MR) is 105 cm³/mol. The molecule has 0 saturated carbocycles. The lowest BCUT2D eigenvalue weighted by Crippen LogP contribution is -2.24. The third kappa shape index (κ3) is 15.9. The number of hydrogen-bond donors (Lipinski definition) is 3. The number of aliphatic carboxylic acids is 3. The lowest BCUT2D eigenvalue weighted by molar-refractivity contribution is -0.140. The van der Waals surface area contributed by atoms with Crippen molar-refractivity contribution in [3.63, 3.8) is 0 Å². The Morgan fingerprint density at radius 2 is 1.14 bits per heavy atom. The molecule has 12 heteroatoms. The first-order valence-electron chi connectivity index (χ1n) is 8.96. The molecular weight excluding hydrogens is 390 g/mol. The Morgan fingerprint density at radius 3 is 1.21 bits per heavy atom. The zero-order valence-corrected chi connectivity index (χ0v) is 17.5. The molecule has 0 aliphatic rings. The van der Waals surface area contributed by atoms with Gasteiger partial charge < -0.3 is 15.3 Å². The summed E-state index contributed by atoms with van der Waals surface area (Å²) in [6, 6.07) is -3.24. The van der Waals surface area contributed by atoms with Crippen LogP contribution in [0.15, 0.2) is 15.5 Å². The van der Waals surface area contributed by atoms with Crippen molar-refractivity contribution in [2.75, 3.05) is 0 Å². The van der Waals surface area contributed by atoms with Gasteiger partial charge >= 0.3 is 17.9 Å². The van der Waals surface area contributed by atoms with Gasteiger partial charge in [-0.3, -0.25) is 0 Å². The Kier molecular flexibility index (Phi) is 18.5. The molecule has 0 aromatic heterocycles. The van der Waals surface area contributed by atoms with Crippen LogP contribution in [0.5, 0.6) is 0 Å². The quantitative estimate of drug-likeness (QED) is 0.418. The van der Waals surface area contributed by atoms with Crippen LogP contribution in [0.1, 0.15) is 54.4 Å². The number of rotatable bonds is 11. The summed E-state index contributed by atoms with van der Waals surface area (Å²) in [4.78, 5) is 60.0. The molecule has 4 atom stereocenters. The number of carbonyl (C=O) groups is 3. The molecule has 0 amide bonds. The maximum atomic E-state index is 10.2. The average molecular weight is 421 g/mol. The van der Waals surface area contributed by atoms with Crippen molar-refractivity contribution in [1.82, 2.24) is 0 Å². The van der Waals surface area contributed by atoms with Crippen LogP contribution in [0.2, 0.25) is 0 Å². The second-order valence-electron chi connectivity index (χ2n) is 7.00. The monoisotopic (exact) mass is 421 g/mol. The van der Waals surface area contributed by atoms with Crippen LogP contribution >= 0.6 is 0 Å². The molecule has 168 valence electrons. The number of nitrogens with zero attached hydrogens (tertiary/aromatic N) is 3. The molecule has 0 radical (unpaired) electrons. The van der Waals surface area contributed by atoms with E-state index in [0.29, 0.717) is 12.8 Å². The molecule has 0 rings (SSSR count). The molecule has 0 fully saturated rings. The van der Waals surface area contributed by atoms with Gasteiger partial charge in [0, 0.05) is 0 Å². The van der Waals surface area contributed by atoms with Gasteiger partial charge in [0.2, 0.25) is 0 Å². The average Bonchev–Trinajstić information content (AvgIpc) is 2.60. The van der Waals surface area contributed by atoms with E-state index in [0.717, 1.165) is 0 Å². The number of hydrogen-bond acceptors (Lipinski definition) is 9. The molecule has 0 aliphatic carbocycles. The van der Waals surface area contributed by atoms with E-state index in [1.54, 1.807) is 20.8 Å². The van der Waals surface area contributed by atoms with Crippen LogP contribution in [0.4, 0.5) is 0 Å². The van der Waals surface area contributed by atoms with Crippen molar-refractivity contribution in [2.24, 2.45) is 33.3 Å². The van der Waals surface area contributed by atoms with Crippen molar-refractivity contribution in [1.29, 1.82) is 0 Å². The first-order valence-corrected chi connectivity index (χ1v) is 8.96. The SMILES string of the molecule is CC(C)C[C@H](N=O)C(=O)O.CC(C)[C@H](N=O)C(=O)O.CC[C@H](C)[C@H](N=O)C(=O)O. The highest BCUT2D eigenvalue weighted by Gasteiger charge is 2.23. The molecule has 0 aliphatic heterocycles. The van der Waals surface area contributed by atoms with Gasteiger partial charge in [0.25, 0.3) is 0 Å². The minimum Gasteiger partial charge on any atom is -0.480 e. The third-order valence-corrected chi connectivity index (χ3v) is 3.65. The van der Waals surface area contributed by atoms with Crippen molar-refractivity contribution in [3.8, 4) is 0 Å². The van der Waals surface area contributed by atoms with Crippen LogP contribution in [0.3, 0.4) is 0 Å². The summed E-state index contributed by atoms with van der Waals surface area (Å²) in [6.07, 6.45) is 0.974. The molecular formula is C17H31N3O9. The lowest BCUT2D eigenvalue weighted by Gasteiger charge is -2.09. The normalized spacial score (nSPS) is 14.1. The Morgan fingerprint density at radius 1 is 0.724 bits per heavy atom. The Bertz CT molecular complexity index is 538. The van der Waals surface area contributed by atoms with Gasteiger partial charge in [-0.2, -0.15) is 0 Å². The minimum atomic E-state index is -1.15. The Hall–Kier alpha value is -2.79. The summed E-state index contributed by atoms with van der Waals surface area (Å²) in [5.74, 6) is -3.62. The molecule has 0 aromatic rings. The zero-order chi connectivity index (χ0) is 23.7. The first-order chi connectivity index (χ1) is 13.3. The third-order valence-electron chi connectivity index (χ3n) is 3.65. The molecule has 3 N–H and O–H groups in total. The standard InChI is InChI=1S/2C6H11NO3.C5H9NO3/c1-4(2)3-5(7-10)6(8)9;1-3-4(2)5(7-10)6(8)9;1-3(2)4(6-9)5(7)8/h2*4-5H,3H2,1-2H3,(H,8,9);3-4H,1-2H3,(H,7,8)/t5-;4-,5-;4-/m000/s1. The minimum absolute atomic E-state index is 0.171. The van der Waals surface area contributed by atoms with Gasteiger partial charge in [0.1, 0.15) is 0 Å². The van der Waals surface area contributed by atoms with Gasteiger partial charge in [-0.05, 0) is 24.2 Å². The Labute approximate surface area is 169 Å². The summed E-state index contributed by atoms with van der Waals surface area (Å²) in [7, 11) is 0. The summed E-state index contributed by atoms with van der Waals surface area (Å²) >= 11 is 0. The highest BCUT2D eigenvalue weighted by Crippen LogP contribution is 2.10. The van der Waals surface area contributed by atoms with Crippen molar-refractivity contribution < 1.29 is 29.7 Å². The molecule has 0 saturated heterocycles. The fourth-order valence-electron chi connectivity index (χ4n) is 1.70. The summed E-state index contributed by atoms with van der Waals surface area (Å²) < 4.78 is 0. The van der Waals surface area contributed by atoms with E-state index < -0.39 is 36.0 Å². The van der Waals surface area contributed by atoms with Gasteiger partial charge in [0.05, 0.1) is 0 Å². The zero-order valence-electron chi connectivity index (χ0n) is 17.5. The van der Waals surface area contributed by atoms with Crippen molar-refractivity contribution in [2.45, 2.75) is 72.5 Å².